The molecule has 2 unspecified atom stereocenters. The average Bonchev–Trinajstić information content (AvgIpc) is 2.46. The Labute approximate surface area is 88.2 Å². The third-order valence-electron chi connectivity index (χ3n) is 2.66. The standard InChI is InChI=1S/C10H16N2OS/c1-6-9(12-7(2)14-6)10-8(13)4-3-5-11-10/h8,10-11,13H,3-5H2,1-2H3. The number of piperidine rings is 1. The largest absolute Gasteiger partial charge is 0.391 e. The Kier molecular flexibility index (Phi) is 2.85. The van der Waals surface area contributed by atoms with Gasteiger partial charge in [0.05, 0.1) is 22.8 Å². The summed E-state index contributed by atoms with van der Waals surface area (Å²) >= 11 is 1.70. The van der Waals surface area contributed by atoms with Gasteiger partial charge in [0.15, 0.2) is 0 Å². The fourth-order valence-electron chi connectivity index (χ4n) is 1.98. The monoisotopic (exact) mass is 212 g/mol. The molecule has 78 valence electrons. The van der Waals surface area contributed by atoms with Gasteiger partial charge in [0.1, 0.15) is 0 Å². The first-order valence-corrected chi connectivity index (χ1v) is 5.85. The predicted octanol–water partition coefficient (Wildman–Crippen LogP) is 1.55. The van der Waals surface area contributed by atoms with E-state index < -0.39 is 0 Å². The van der Waals surface area contributed by atoms with E-state index in [2.05, 4.69) is 17.2 Å². The van der Waals surface area contributed by atoms with E-state index in [4.69, 9.17) is 0 Å². The van der Waals surface area contributed by atoms with Gasteiger partial charge >= 0.3 is 0 Å². The highest BCUT2D eigenvalue weighted by Crippen LogP contribution is 2.28. The number of thiazole rings is 1. The van der Waals surface area contributed by atoms with E-state index in [0.29, 0.717) is 0 Å². The van der Waals surface area contributed by atoms with Crippen LogP contribution in [-0.4, -0.2) is 22.7 Å². The van der Waals surface area contributed by atoms with E-state index in [1.54, 1.807) is 11.3 Å². The Morgan fingerprint density at radius 2 is 2.29 bits per heavy atom. The average molecular weight is 212 g/mol. The number of nitrogens with one attached hydrogen (secondary N) is 1. The molecule has 0 aromatic carbocycles. The summed E-state index contributed by atoms with van der Waals surface area (Å²) in [6.07, 6.45) is 1.66. The number of aliphatic hydroxyl groups excluding tert-OH is 1. The van der Waals surface area contributed by atoms with Crippen LogP contribution in [0.1, 0.15) is 34.5 Å². The zero-order chi connectivity index (χ0) is 10.1. The van der Waals surface area contributed by atoms with Gasteiger partial charge in [-0.3, -0.25) is 0 Å². The van der Waals surface area contributed by atoms with Crippen molar-refractivity contribution in [1.29, 1.82) is 0 Å². The summed E-state index contributed by atoms with van der Waals surface area (Å²) in [6, 6.07) is 0.0497. The van der Waals surface area contributed by atoms with Crippen molar-refractivity contribution >= 4 is 11.3 Å². The molecule has 0 radical (unpaired) electrons. The lowest BCUT2D eigenvalue weighted by atomic mass is 9.98. The normalized spacial score (nSPS) is 27.9. The molecule has 0 saturated carbocycles. The molecule has 4 heteroatoms. The van der Waals surface area contributed by atoms with Crippen LogP contribution in [0.5, 0.6) is 0 Å². The fourth-order valence-corrected chi connectivity index (χ4v) is 2.85. The smallest absolute Gasteiger partial charge is 0.0900 e. The first-order chi connectivity index (χ1) is 6.68. The van der Waals surface area contributed by atoms with Gasteiger partial charge in [0.25, 0.3) is 0 Å². The number of hydrogen-bond acceptors (Lipinski definition) is 4. The number of aliphatic hydroxyl groups is 1. The molecule has 1 aliphatic heterocycles. The molecule has 3 nitrogen and oxygen atoms in total. The molecule has 1 aliphatic rings. The maximum Gasteiger partial charge on any atom is 0.0900 e. The number of rotatable bonds is 1. The van der Waals surface area contributed by atoms with Gasteiger partial charge in [0.2, 0.25) is 0 Å². The van der Waals surface area contributed by atoms with Gasteiger partial charge in [-0.2, -0.15) is 0 Å². The van der Waals surface area contributed by atoms with E-state index in [1.807, 2.05) is 6.92 Å². The highest BCUT2D eigenvalue weighted by atomic mass is 32.1. The second-order valence-electron chi connectivity index (χ2n) is 3.82. The molecular weight excluding hydrogens is 196 g/mol. The van der Waals surface area contributed by atoms with Crippen LogP contribution in [0.3, 0.4) is 0 Å². The van der Waals surface area contributed by atoms with Gasteiger partial charge in [0, 0.05) is 4.88 Å². The summed E-state index contributed by atoms with van der Waals surface area (Å²) < 4.78 is 0. The van der Waals surface area contributed by atoms with Gasteiger partial charge in [-0.15, -0.1) is 11.3 Å². The summed E-state index contributed by atoms with van der Waals surface area (Å²) in [5.41, 5.74) is 1.04. The number of aromatic nitrogens is 1. The lowest BCUT2D eigenvalue weighted by molar-refractivity contribution is 0.0947. The van der Waals surface area contributed by atoms with Crippen molar-refractivity contribution in [3.05, 3.63) is 15.6 Å². The molecule has 0 aliphatic carbocycles. The van der Waals surface area contributed by atoms with Crippen LogP contribution in [0.15, 0.2) is 0 Å². The van der Waals surface area contributed by atoms with Crippen LogP contribution in [0.4, 0.5) is 0 Å². The van der Waals surface area contributed by atoms with Crippen molar-refractivity contribution in [2.75, 3.05) is 6.54 Å². The minimum Gasteiger partial charge on any atom is -0.391 e. The van der Waals surface area contributed by atoms with Crippen molar-refractivity contribution in [2.24, 2.45) is 0 Å². The summed E-state index contributed by atoms with van der Waals surface area (Å²) in [5, 5.41) is 14.3. The van der Waals surface area contributed by atoms with Crippen molar-refractivity contribution in [3.8, 4) is 0 Å². The molecule has 0 bridgehead atoms. The summed E-state index contributed by atoms with van der Waals surface area (Å²) in [4.78, 5) is 5.70. The maximum absolute atomic E-state index is 9.86. The molecule has 1 fully saturated rings. The fraction of sp³-hybridized carbons (Fsp3) is 0.700. The quantitative estimate of drug-likeness (QED) is 0.742. The van der Waals surface area contributed by atoms with E-state index in [9.17, 15) is 5.11 Å². The molecule has 2 rings (SSSR count). The number of hydrogen-bond donors (Lipinski definition) is 2. The molecule has 0 spiro atoms. The maximum atomic E-state index is 9.86. The first-order valence-electron chi connectivity index (χ1n) is 5.04. The zero-order valence-electron chi connectivity index (χ0n) is 8.58. The Bertz CT molecular complexity index is 324. The topological polar surface area (TPSA) is 45.2 Å². The molecule has 2 N–H and O–H groups in total. The lowest BCUT2D eigenvalue weighted by Crippen LogP contribution is -2.38. The number of nitrogens with zero attached hydrogens (tertiary/aromatic N) is 1. The molecule has 1 aromatic rings. The lowest BCUT2D eigenvalue weighted by Gasteiger charge is -2.28. The van der Waals surface area contributed by atoms with Crippen LogP contribution >= 0.6 is 11.3 Å². The third kappa shape index (κ3) is 1.82. The third-order valence-corrected chi connectivity index (χ3v) is 3.56. The van der Waals surface area contributed by atoms with E-state index in [-0.39, 0.29) is 12.1 Å². The van der Waals surface area contributed by atoms with Crippen LogP contribution < -0.4 is 5.32 Å². The zero-order valence-corrected chi connectivity index (χ0v) is 9.40. The van der Waals surface area contributed by atoms with Crippen LogP contribution in [0.2, 0.25) is 0 Å². The molecule has 2 heterocycles. The van der Waals surface area contributed by atoms with E-state index in [1.165, 1.54) is 4.88 Å². The van der Waals surface area contributed by atoms with E-state index in [0.717, 1.165) is 30.1 Å². The Morgan fingerprint density at radius 3 is 2.86 bits per heavy atom. The second kappa shape index (κ2) is 3.96. The number of aryl methyl sites for hydroxylation is 2. The predicted molar refractivity (Wildman–Crippen MR) is 57.6 cm³/mol. The van der Waals surface area contributed by atoms with Gasteiger partial charge in [-0.1, -0.05) is 0 Å². The highest BCUT2D eigenvalue weighted by Gasteiger charge is 2.27. The summed E-state index contributed by atoms with van der Waals surface area (Å²) in [5.74, 6) is 0. The molecular formula is C10H16N2OS. The first kappa shape index (κ1) is 10.1. The van der Waals surface area contributed by atoms with Crippen molar-refractivity contribution in [2.45, 2.75) is 38.8 Å². The van der Waals surface area contributed by atoms with Crippen LogP contribution in [0, 0.1) is 13.8 Å². The van der Waals surface area contributed by atoms with Crippen molar-refractivity contribution in [1.82, 2.24) is 10.3 Å². The van der Waals surface area contributed by atoms with E-state index >= 15 is 0 Å². The molecule has 1 aromatic heterocycles. The minimum atomic E-state index is -0.274. The summed E-state index contributed by atoms with van der Waals surface area (Å²) in [6.45, 7) is 5.07. The molecule has 14 heavy (non-hydrogen) atoms. The molecule has 2 atom stereocenters. The second-order valence-corrected chi connectivity index (χ2v) is 5.22. The Morgan fingerprint density at radius 1 is 1.50 bits per heavy atom. The van der Waals surface area contributed by atoms with Crippen molar-refractivity contribution in [3.63, 3.8) is 0 Å². The van der Waals surface area contributed by atoms with Gasteiger partial charge in [-0.05, 0) is 33.2 Å². The molecule has 0 amide bonds. The van der Waals surface area contributed by atoms with Crippen molar-refractivity contribution < 1.29 is 5.11 Å². The molecule has 1 saturated heterocycles. The Balaban J connectivity index is 2.24. The van der Waals surface area contributed by atoms with Gasteiger partial charge < -0.3 is 10.4 Å². The Hall–Kier alpha value is -0.450. The van der Waals surface area contributed by atoms with Gasteiger partial charge in [-0.25, -0.2) is 4.98 Å². The summed E-state index contributed by atoms with van der Waals surface area (Å²) in [7, 11) is 0. The van der Waals surface area contributed by atoms with Crippen LogP contribution in [-0.2, 0) is 0 Å². The minimum absolute atomic E-state index is 0.0497. The SMILES string of the molecule is Cc1nc(C2NCCCC2O)c(C)s1. The van der Waals surface area contributed by atoms with Crippen LogP contribution in [0.25, 0.3) is 0 Å². The highest BCUT2D eigenvalue weighted by molar-refractivity contribution is 7.11.